The summed E-state index contributed by atoms with van der Waals surface area (Å²) in [5.41, 5.74) is 7.00. The van der Waals surface area contributed by atoms with E-state index in [0.29, 0.717) is 22.8 Å². The molecule has 1 aromatic carbocycles. The second-order valence-corrected chi connectivity index (χ2v) is 4.52. The molecule has 0 spiro atoms. The van der Waals surface area contributed by atoms with Crippen LogP contribution in [0.25, 0.3) is 5.69 Å². The van der Waals surface area contributed by atoms with Gasteiger partial charge in [0.2, 0.25) is 5.91 Å². The molecule has 0 saturated carbocycles. The second kappa shape index (κ2) is 5.86. The fourth-order valence-corrected chi connectivity index (χ4v) is 1.95. The van der Waals surface area contributed by atoms with Crippen LogP contribution in [0.3, 0.4) is 0 Å². The number of amides is 1. The molecule has 3 N–H and O–H groups in total. The highest BCUT2D eigenvalue weighted by atomic mass is 35.5. The van der Waals surface area contributed by atoms with Gasteiger partial charge in [-0.25, -0.2) is 4.98 Å². The molecule has 0 aliphatic rings. The highest BCUT2D eigenvalue weighted by molar-refractivity contribution is 6.33. The normalized spacial score (nSPS) is 12.2. The van der Waals surface area contributed by atoms with Gasteiger partial charge in [0.1, 0.15) is 0 Å². The first kappa shape index (κ1) is 13.6. The quantitative estimate of drug-likeness (QED) is 0.900. The van der Waals surface area contributed by atoms with Crippen LogP contribution in [0, 0.1) is 0 Å². The lowest BCUT2D eigenvalue weighted by Gasteiger charge is -2.15. The molecule has 0 aliphatic heterocycles. The first-order valence-electron chi connectivity index (χ1n) is 5.96. The van der Waals surface area contributed by atoms with E-state index in [2.05, 4.69) is 10.3 Å². The van der Waals surface area contributed by atoms with E-state index in [4.69, 9.17) is 17.3 Å². The summed E-state index contributed by atoms with van der Waals surface area (Å²) >= 11 is 6.19. The third-order valence-corrected chi connectivity index (χ3v) is 3.09. The second-order valence-electron chi connectivity index (χ2n) is 4.11. The zero-order chi connectivity index (χ0) is 13.8. The molecule has 0 radical (unpaired) electrons. The topological polar surface area (TPSA) is 72.9 Å². The lowest BCUT2D eigenvalue weighted by Crippen LogP contribution is -2.35. The molecule has 0 saturated heterocycles. The molecular formula is C13H15ClN4O. The monoisotopic (exact) mass is 278 g/mol. The minimum absolute atomic E-state index is 0.230. The summed E-state index contributed by atoms with van der Waals surface area (Å²) < 4.78 is 1.75. The number of anilines is 1. The van der Waals surface area contributed by atoms with E-state index >= 15 is 0 Å². The predicted molar refractivity (Wildman–Crippen MR) is 75.5 cm³/mol. The van der Waals surface area contributed by atoms with Crippen LogP contribution >= 0.6 is 11.6 Å². The van der Waals surface area contributed by atoms with Crippen LogP contribution < -0.4 is 11.1 Å². The van der Waals surface area contributed by atoms with E-state index < -0.39 is 6.04 Å². The molecular weight excluding hydrogens is 264 g/mol. The number of hydrogen-bond donors (Lipinski definition) is 2. The highest BCUT2D eigenvalue weighted by Crippen LogP contribution is 2.28. The Morgan fingerprint density at radius 1 is 1.58 bits per heavy atom. The van der Waals surface area contributed by atoms with Crippen LogP contribution in [-0.2, 0) is 4.79 Å². The van der Waals surface area contributed by atoms with E-state index in [1.165, 1.54) is 0 Å². The highest BCUT2D eigenvalue weighted by Gasteiger charge is 2.15. The molecule has 0 aliphatic carbocycles. The van der Waals surface area contributed by atoms with Gasteiger partial charge < -0.3 is 15.6 Å². The molecule has 1 atom stereocenters. The molecule has 2 aromatic rings. The summed E-state index contributed by atoms with van der Waals surface area (Å²) in [4.78, 5) is 15.9. The summed E-state index contributed by atoms with van der Waals surface area (Å²) in [6, 6.07) is 4.78. The van der Waals surface area contributed by atoms with Crippen LogP contribution in [0.1, 0.15) is 13.3 Å². The van der Waals surface area contributed by atoms with E-state index in [0.717, 1.165) is 0 Å². The van der Waals surface area contributed by atoms with Crippen molar-refractivity contribution in [2.45, 2.75) is 19.4 Å². The number of nitrogens with zero attached hydrogens (tertiary/aromatic N) is 2. The van der Waals surface area contributed by atoms with Gasteiger partial charge in [-0.1, -0.05) is 24.6 Å². The van der Waals surface area contributed by atoms with Crippen molar-refractivity contribution in [1.29, 1.82) is 0 Å². The summed E-state index contributed by atoms with van der Waals surface area (Å²) in [6.07, 6.45) is 5.60. The average molecular weight is 279 g/mol. The van der Waals surface area contributed by atoms with Crippen molar-refractivity contribution < 1.29 is 4.79 Å². The number of halogens is 1. The smallest absolute Gasteiger partial charge is 0.241 e. The zero-order valence-electron chi connectivity index (χ0n) is 10.5. The first-order chi connectivity index (χ1) is 9.13. The van der Waals surface area contributed by atoms with Gasteiger partial charge in [-0.2, -0.15) is 0 Å². The number of carbonyl (C=O) groups excluding carboxylic acids is 1. The maximum Gasteiger partial charge on any atom is 0.241 e. The maximum absolute atomic E-state index is 11.9. The van der Waals surface area contributed by atoms with Crippen LogP contribution in [0.5, 0.6) is 0 Å². The Morgan fingerprint density at radius 2 is 2.37 bits per heavy atom. The number of hydrogen-bond acceptors (Lipinski definition) is 3. The molecule has 0 bridgehead atoms. The Balaban J connectivity index is 2.36. The van der Waals surface area contributed by atoms with Gasteiger partial charge in [0.15, 0.2) is 0 Å². The number of rotatable bonds is 4. The number of carbonyl (C=O) groups is 1. The zero-order valence-corrected chi connectivity index (χ0v) is 11.3. The molecule has 1 heterocycles. The average Bonchev–Trinajstić information content (AvgIpc) is 2.91. The molecule has 0 unspecified atom stereocenters. The van der Waals surface area contributed by atoms with Crippen LogP contribution in [0.2, 0.25) is 5.02 Å². The fourth-order valence-electron chi connectivity index (χ4n) is 1.68. The van der Waals surface area contributed by atoms with E-state index in [1.807, 2.05) is 6.92 Å². The lowest BCUT2D eigenvalue weighted by molar-refractivity contribution is -0.117. The minimum atomic E-state index is -0.533. The third-order valence-electron chi connectivity index (χ3n) is 2.78. The van der Waals surface area contributed by atoms with E-state index in [-0.39, 0.29) is 5.91 Å². The van der Waals surface area contributed by atoms with E-state index in [1.54, 1.807) is 41.5 Å². The molecule has 2 rings (SSSR count). The Kier molecular flexibility index (Phi) is 4.19. The molecule has 6 heteroatoms. The molecule has 100 valence electrons. The van der Waals surface area contributed by atoms with Gasteiger partial charge in [-0.15, -0.1) is 0 Å². The summed E-state index contributed by atoms with van der Waals surface area (Å²) in [6.45, 7) is 1.86. The van der Waals surface area contributed by atoms with Gasteiger partial charge in [0, 0.05) is 12.4 Å². The van der Waals surface area contributed by atoms with Crippen LogP contribution in [0.4, 0.5) is 5.69 Å². The van der Waals surface area contributed by atoms with Crippen molar-refractivity contribution in [3.05, 3.63) is 41.9 Å². The van der Waals surface area contributed by atoms with Crippen molar-refractivity contribution >= 4 is 23.2 Å². The summed E-state index contributed by atoms with van der Waals surface area (Å²) in [5.74, 6) is -0.230. The molecule has 0 fully saturated rings. The van der Waals surface area contributed by atoms with Gasteiger partial charge >= 0.3 is 0 Å². The first-order valence-corrected chi connectivity index (χ1v) is 6.34. The van der Waals surface area contributed by atoms with Crippen molar-refractivity contribution in [2.75, 3.05) is 5.32 Å². The number of nitrogens with two attached hydrogens (primary N) is 1. The molecule has 5 nitrogen and oxygen atoms in total. The summed E-state index contributed by atoms with van der Waals surface area (Å²) in [7, 11) is 0. The number of benzene rings is 1. The lowest BCUT2D eigenvalue weighted by atomic mass is 10.2. The van der Waals surface area contributed by atoms with Crippen LogP contribution in [0.15, 0.2) is 36.9 Å². The number of imidazole rings is 1. The number of aromatic nitrogens is 2. The van der Waals surface area contributed by atoms with Crippen molar-refractivity contribution in [3.63, 3.8) is 0 Å². The Hall–Kier alpha value is -1.85. The van der Waals surface area contributed by atoms with Gasteiger partial charge in [-0.05, 0) is 18.6 Å². The molecule has 19 heavy (non-hydrogen) atoms. The van der Waals surface area contributed by atoms with E-state index in [9.17, 15) is 4.79 Å². The van der Waals surface area contributed by atoms with Gasteiger partial charge in [-0.3, -0.25) is 4.79 Å². The van der Waals surface area contributed by atoms with Gasteiger partial charge in [0.05, 0.1) is 28.8 Å². The molecule has 1 aromatic heterocycles. The summed E-state index contributed by atoms with van der Waals surface area (Å²) in [5, 5.41) is 3.32. The third kappa shape index (κ3) is 2.94. The maximum atomic E-state index is 11.9. The standard InChI is InChI=1S/C13H15ClN4O/c1-2-10(15)13(19)17-11-5-3-4-9(14)12(11)18-7-6-16-8-18/h3-8,10H,2,15H2,1H3,(H,17,19)/t10-/m0/s1. The van der Waals surface area contributed by atoms with Gasteiger partial charge in [0.25, 0.3) is 0 Å². The molecule has 1 amide bonds. The Morgan fingerprint density at radius 3 is 3.00 bits per heavy atom. The predicted octanol–water partition coefficient (Wildman–Crippen LogP) is 2.20. The number of para-hydroxylation sites is 1. The van der Waals surface area contributed by atoms with Crippen LogP contribution in [-0.4, -0.2) is 21.5 Å². The Bertz CT molecular complexity index is 568. The van der Waals surface area contributed by atoms with Crippen molar-refractivity contribution in [1.82, 2.24) is 9.55 Å². The largest absolute Gasteiger partial charge is 0.323 e. The fraction of sp³-hybridized carbons (Fsp3) is 0.231. The minimum Gasteiger partial charge on any atom is -0.323 e. The van der Waals surface area contributed by atoms with Crippen molar-refractivity contribution in [3.8, 4) is 5.69 Å². The SMILES string of the molecule is CC[C@H](N)C(=O)Nc1cccc(Cl)c1-n1ccnc1. The number of nitrogens with one attached hydrogen (secondary N) is 1. The van der Waals surface area contributed by atoms with Crippen molar-refractivity contribution in [2.24, 2.45) is 5.73 Å². The Labute approximate surface area is 116 Å².